The van der Waals surface area contributed by atoms with Crippen LogP contribution in [-0.2, 0) is 9.59 Å². The molecule has 4 fully saturated rings. The molecule has 1 amide bonds. The molecule has 4 bridgehead atoms. The zero-order valence-electron chi connectivity index (χ0n) is 16.7. The second kappa shape index (κ2) is 8.77. The van der Waals surface area contributed by atoms with Crippen molar-refractivity contribution in [2.24, 2.45) is 23.2 Å². The minimum absolute atomic E-state index is 0.0630. The van der Waals surface area contributed by atoms with Crippen LogP contribution >= 0.6 is 11.8 Å². The number of thioether (sulfide) groups is 1. The lowest BCUT2D eigenvalue weighted by atomic mass is 9.48. The van der Waals surface area contributed by atoms with Gasteiger partial charge in [0, 0.05) is 12.2 Å². The van der Waals surface area contributed by atoms with E-state index in [0.717, 1.165) is 17.8 Å². The molecule has 3 N–H and O–H groups in total. The topological polar surface area (TPSA) is 102 Å². The third-order valence-electron chi connectivity index (χ3n) is 7.06. The maximum Gasteiger partial charge on any atom is 0.326 e. The fourth-order valence-electron chi connectivity index (χ4n) is 5.97. The molecule has 6 nitrogen and oxygen atoms in total. The van der Waals surface area contributed by atoms with Crippen LogP contribution in [0.1, 0.15) is 51.9 Å². The van der Waals surface area contributed by atoms with E-state index >= 15 is 0 Å². The van der Waals surface area contributed by atoms with Crippen LogP contribution in [0, 0.1) is 34.5 Å². The van der Waals surface area contributed by atoms with E-state index in [-0.39, 0.29) is 17.0 Å². The first-order valence-corrected chi connectivity index (χ1v) is 11.6. The fourth-order valence-corrected chi connectivity index (χ4v) is 6.44. The molecule has 2 atom stereocenters. The van der Waals surface area contributed by atoms with Crippen LogP contribution in [0.4, 0.5) is 0 Å². The van der Waals surface area contributed by atoms with Crippen LogP contribution < -0.4 is 10.6 Å². The van der Waals surface area contributed by atoms with Gasteiger partial charge in [0.05, 0.1) is 0 Å². The first kappa shape index (κ1) is 21.0. The van der Waals surface area contributed by atoms with Crippen molar-refractivity contribution in [2.75, 3.05) is 12.0 Å². The van der Waals surface area contributed by atoms with Gasteiger partial charge in [0.2, 0.25) is 0 Å². The summed E-state index contributed by atoms with van der Waals surface area (Å²) in [7, 11) is 0. The predicted molar refractivity (Wildman–Crippen MR) is 109 cm³/mol. The van der Waals surface area contributed by atoms with Crippen molar-refractivity contribution in [1.82, 2.24) is 10.6 Å². The van der Waals surface area contributed by atoms with E-state index in [0.29, 0.717) is 12.2 Å². The lowest BCUT2D eigenvalue weighted by Gasteiger charge is -2.59. The number of rotatable bonds is 9. The van der Waals surface area contributed by atoms with Crippen molar-refractivity contribution >= 4 is 23.6 Å². The second-order valence-electron chi connectivity index (χ2n) is 8.98. The Labute approximate surface area is 171 Å². The Kier molecular flexibility index (Phi) is 6.59. The summed E-state index contributed by atoms with van der Waals surface area (Å²) in [6.45, 7) is 2.16. The van der Waals surface area contributed by atoms with Crippen molar-refractivity contribution in [3.05, 3.63) is 11.8 Å². The van der Waals surface area contributed by atoms with Gasteiger partial charge in [-0.3, -0.25) is 4.79 Å². The highest BCUT2D eigenvalue weighted by Crippen LogP contribution is 2.61. The molecule has 4 rings (SSSR count). The maximum absolute atomic E-state index is 12.4. The van der Waals surface area contributed by atoms with Gasteiger partial charge in [-0.05, 0) is 87.0 Å². The largest absolute Gasteiger partial charge is 0.480 e. The second-order valence-corrected chi connectivity index (χ2v) is 9.97. The summed E-state index contributed by atoms with van der Waals surface area (Å²) < 4.78 is 0. The van der Waals surface area contributed by atoms with Crippen LogP contribution in [0.3, 0.4) is 0 Å². The number of nitrogens with zero attached hydrogens (tertiary/aromatic N) is 1. The van der Waals surface area contributed by atoms with Gasteiger partial charge in [-0.15, -0.1) is 0 Å². The number of nitriles is 1. The third kappa shape index (κ3) is 4.48. The van der Waals surface area contributed by atoms with Gasteiger partial charge in [0.25, 0.3) is 5.91 Å². The van der Waals surface area contributed by atoms with Gasteiger partial charge in [0.1, 0.15) is 17.7 Å². The molecule has 0 aromatic rings. The number of nitrogens with one attached hydrogen (secondary N) is 2. The van der Waals surface area contributed by atoms with E-state index < -0.39 is 17.9 Å². The number of aliphatic carboxylic acids is 1. The highest BCUT2D eigenvalue weighted by molar-refractivity contribution is 7.98. The van der Waals surface area contributed by atoms with E-state index in [1.807, 2.05) is 12.3 Å². The van der Waals surface area contributed by atoms with Gasteiger partial charge in [0.15, 0.2) is 0 Å². The standard InChI is InChI=1S/C21H31N3O3S/c1-13(21-8-14-5-15(9-21)7-16(6-14)10-21)23-12-17(11-22)19(25)24-18(20(26)27)3-4-28-2/h12-16,18,23H,3-10H2,1-2H3,(H,24,25)(H,26,27)/b17-12-. The summed E-state index contributed by atoms with van der Waals surface area (Å²) in [4.78, 5) is 23.7. The van der Waals surface area contributed by atoms with Crippen molar-refractivity contribution in [3.8, 4) is 6.07 Å². The Morgan fingerprint density at radius 1 is 1.25 bits per heavy atom. The zero-order chi connectivity index (χ0) is 20.3. The summed E-state index contributed by atoms with van der Waals surface area (Å²) in [6, 6.07) is 1.14. The molecule has 0 heterocycles. The van der Waals surface area contributed by atoms with Crippen LogP contribution in [0.15, 0.2) is 11.8 Å². The van der Waals surface area contributed by atoms with Gasteiger partial charge < -0.3 is 15.7 Å². The summed E-state index contributed by atoms with van der Waals surface area (Å²) in [6.07, 6.45) is 11.6. The Bertz CT molecular complexity index is 650. The van der Waals surface area contributed by atoms with Gasteiger partial charge in [-0.25, -0.2) is 4.79 Å². The van der Waals surface area contributed by atoms with Gasteiger partial charge >= 0.3 is 5.97 Å². The Morgan fingerprint density at radius 2 is 1.82 bits per heavy atom. The molecule has 154 valence electrons. The molecule has 0 spiro atoms. The molecule has 4 aliphatic rings. The quantitative estimate of drug-likeness (QED) is 0.403. The number of hydrogen-bond acceptors (Lipinski definition) is 5. The average Bonchev–Trinajstić information content (AvgIpc) is 2.64. The monoisotopic (exact) mass is 405 g/mol. The number of carboxylic acid groups (broad SMARTS) is 1. The molecular weight excluding hydrogens is 374 g/mol. The molecule has 2 unspecified atom stereocenters. The fraction of sp³-hybridized carbons (Fsp3) is 0.762. The number of amides is 1. The van der Waals surface area contributed by atoms with Gasteiger partial charge in [-0.1, -0.05) is 0 Å². The lowest BCUT2D eigenvalue weighted by Crippen LogP contribution is -2.54. The highest BCUT2D eigenvalue weighted by Gasteiger charge is 2.53. The molecule has 4 saturated carbocycles. The van der Waals surface area contributed by atoms with E-state index in [1.165, 1.54) is 56.5 Å². The minimum atomic E-state index is -1.07. The molecule has 0 aromatic heterocycles. The zero-order valence-corrected chi connectivity index (χ0v) is 17.6. The molecule has 4 aliphatic carbocycles. The molecule has 0 radical (unpaired) electrons. The normalized spacial score (nSPS) is 33.0. The molecule has 0 aromatic carbocycles. The molecule has 7 heteroatoms. The average molecular weight is 406 g/mol. The van der Waals surface area contributed by atoms with Crippen molar-refractivity contribution in [1.29, 1.82) is 5.26 Å². The Morgan fingerprint density at radius 3 is 2.29 bits per heavy atom. The van der Waals surface area contributed by atoms with Crippen LogP contribution in [0.5, 0.6) is 0 Å². The smallest absolute Gasteiger partial charge is 0.326 e. The molecular formula is C21H31N3O3S. The van der Waals surface area contributed by atoms with E-state index in [9.17, 15) is 20.0 Å². The Balaban J connectivity index is 1.62. The number of hydrogen-bond donors (Lipinski definition) is 3. The number of carbonyl (C=O) groups excluding carboxylic acids is 1. The summed E-state index contributed by atoms with van der Waals surface area (Å²) >= 11 is 1.52. The third-order valence-corrected chi connectivity index (χ3v) is 7.70. The Hall–Kier alpha value is -1.68. The van der Waals surface area contributed by atoms with Crippen LogP contribution in [0.25, 0.3) is 0 Å². The summed E-state index contributed by atoms with van der Waals surface area (Å²) in [5.74, 6) is 1.45. The van der Waals surface area contributed by atoms with E-state index in [4.69, 9.17) is 0 Å². The minimum Gasteiger partial charge on any atom is -0.480 e. The first-order valence-electron chi connectivity index (χ1n) is 10.3. The predicted octanol–water partition coefficient (Wildman–Crippen LogP) is 2.91. The van der Waals surface area contributed by atoms with Crippen molar-refractivity contribution in [2.45, 2.75) is 64.0 Å². The van der Waals surface area contributed by atoms with Crippen LogP contribution in [-0.4, -0.2) is 41.1 Å². The number of carbonyl (C=O) groups is 2. The van der Waals surface area contributed by atoms with Crippen molar-refractivity contribution in [3.63, 3.8) is 0 Å². The first-order chi connectivity index (χ1) is 13.4. The maximum atomic E-state index is 12.4. The molecule has 0 aliphatic heterocycles. The summed E-state index contributed by atoms with van der Waals surface area (Å²) in [5, 5.41) is 24.5. The summed E-state index contributed by atoms with van der Waals surface area (Å²) in [5.41, 5.74) is 0.205. The molecule has 28 heavy (non-hydrogen) atoms. The molecule has 0 saturated heterocycles. The van der Waals surface area contributed by atoms with Crippen LogP contribution in [0.2, 0.25) is 0 Å². The van der Waals surface area contributed by atoms with E-state index in [2.05, 4.69) is 17.6 Å². The lowest BCUT2D eigenvalue weighted by molar-refractivity contribution is -0.141. The number of carboxylic acids is 1. The van der Waals surface area contributed by atoms with Gasteiger partial charge in [-0.2, -0.15) is 17.0 Å². The SMILES string of the molecule is CSCCC(NC(=O)/C(C#N)=C\NC(C)C12CC3CC(CC(C3)C1)C2)C(=O)O. The van der Waals surface area contributed by atoms with Crippen molar-refractivity contribution < 1.29 is 14.7 Å². The van der Waals surface area contributed by atoms with E-state index in [1.54, 1.807) is 0 Å². The highest BCUT2D eigenvalue weighted by atomic mass is 32.2.